The van der Waals surface area contributed by atoms with Crippen LogP contribution in [0.4, 0.5) is 0 Å². The second kappa shape index (κ2) is 11.2. The van der Waals surface area contributed by atoms with Gasteiger partial charge in [-0.2, -0.15) is 9.41 Å². The summed E-state index contributed by atoms with van der Waals surface area (Å²) in [6.45, 7) is 6.41. The van der Waals surface area contributed by atoms with E-state index in [0.29, 0.717) is 29.6 Å². The van der Waals surface area contributed by atoms with E-state index in [-0.39, 0.29) is 35.4 Å². The van der Waals surface area contributed by atoms with Gasteiger partial charge in [0.1, 0.15) is 25.0 Å². The fourth-order valence-corrected chi connectivity index (χ4v) is 6.50. The maximum atomic E-state index is 13.6. The van der Waals surface area contributed by atoms with Crippen molar-refractivity contribution in [1.29, 1.82) is 0 Å². The molecule has 0 saturated heterocycles. The molecule has 1 aliphatic heterocycles. The third-order valence-corrected chi connectivity index (χ3v) is 9.01. The molecule has 198 valence electrons. The van der Waals surface area contributed by atoms with Crippen LogP contribution < -0.4 is 10.2 Å². The van der Waals surface area contributed by atoms with Gasteiger partial charge in [0.05, 0.1) is 18.8 Å². The number of aromatic nitrogens is 1. The third-order valence-electron chi connectivity index (χ3n) is 7.17. The third kappa shape index (κ3) is 5.82. The van der Waals surface area contributed by atoms with Crippen molar-refractivity contribution in [2.45, 2.75) is 62.9 Å². The smallest absolute Gasteiger partial charge is 0.327 e. The Labute approximate surface area is 220 Å². The van der Waals surface area contributed by atoms with Gasteiger partial charge in [-0.1, -0.05) is 26.0 Å². The number of benzene rings is 1. The van der Waals surface area contributed by atoms with E-state index in [1.807, 2.05) is 24.3 Å². The predicted molar refractivity (Wildman–Crippen MR) is 145 cm³/mol. The number of hydrogen-bond acceptors (Lipinski definition) is 8. The molecule has 2 aromatic rings. The molecule has 11 heteroatoms. The van der Waals surface area contributed by atoms with Crippen LogP contribution in [0.1, 0.15) is 51.5 Å². The Balaban J connectivity index is 1.48. The first-order chi connectivity index (χ1) is 17.6. The lowest BCUT2D eigenvalue weighted by Gasteiger charge is -2.39. The van der Waals surface area contributed by atoms with Crippen LogP contribution in [0.25, 0.3) is 0 Å². The van der Waals surface area contributed by atoms with Crippen LogP contribution in [0.5, 0.6) is 11.6 Å². The topological polar surface area (TPSA) is 101 Å². The molecular weight excluding hydrogens is 491 g/mol. The highest BCUT2D eigenvalue weighted by Crippen LogP contribution is 2.36. The number of sulfonamides is 1. The Bertz CT molecular complexity index is 1250. The molecule has 2 aliphatic rings. The minimum Gasteiger partial charge on any atom is -0.465 e. The van der Waals surface area contributed by atoms with E-state index in [0.717, 1.165) is 19.3 Å². The van der Waals surface area contributed by atoms with Gasteiger partial charge in [0.25, 0.3) is 0 Å². The van der Waals surface area contributed by atoms with E-state index >= 15 is 0 Å². The molecular formula is C26H35BN4O5S. The Kier molecular flexibility index (Phi) is 8.23. The van der Waals surface area contributed by atoms with Gasteiger partial charge in [-0.15, -0.1) is 0 Å². The fraction of sp³-hybridized carbons (Fsp3) is 0.500. The van der Waals surface area contributed by atoms with Crippen LogP contribution >= 0.6 is 0 Å². The lowest BCUT2D eigenvalue weighted by atomic mass is 9.81. The highest BCUT2D eigenvalue weighted by molar-refractivity contribution is 7.89. The van der Waals surface area contributed by atoms with Crippen molar-refractivity contribution < 1.29 is 22.7 Å². The summed E-state index contributed by atoms with van der Waals surface area (Å²) in [6, 6.07) is 9.12. The van der Waals surface area contributed by atoms with Crippen molar-refractivity contribution in [3.63, 3.8) is 0 Å². The average molecular weight is 526 g/mol. The fourth-order valence-electron chi connectivity index (χ4n) is 5.05. The monoisotopic (exact) mass is 526 g/mol. The minimum atomic E-state index is -3.81. The van der Waals surface area contributed by atoms with Crippen molar-refractivity contribution >= 4 is 35.5 Å². The van der Waals surface area contributed by atoms with E-state index in [2.05, 4.69) is 23.9 Å². The summed E-state index contributed by atoms with van der Waals surface area (Å²) in [5, 5.41) is 6.16. The van der Waals surface area contributed by atoms with E-state index in [4.69, 9.17) is 9.47 Å². The van der Waals surface area contributed by atoms with E-state index in [1.165, 1.54) is 16.1 Å². The van der Waals surface area contributed by atoms with Gasteiger partial charge in [0, 0.05) is 25.2 Å². The van der Waals surface area contributed by atoms with Gasteiger partial charge >= 0.3 is 5.97 Å². The molecule has 0 N–H and O–H groups in total. The molecule has 37 heavy (non-hydrogen) atoms. The summed E-state index contributed by atoms with van der Waals surface area (Å²) in [7, 11) is -0.410. The van der Waals surface area contributed by atoms with E-state index in [1.54, 1.807) is 39.1 Å². The Morgan fingerprint density at radius 3 is 2.62 bits per heavy atom. The molecule has 2 unspecified atom stereocenters. The van der Waals surface area contributed by atoms with Crippen LogP contribution in [-0.2, 0) is 19.6 Å². The van der Waals surface area contributed by atoms with Gasteiger partial charge < -0.3 is 9.47 Å². The van der Waals surface area contributed by atoms with Gasteiger partial charge in [0.2, 0.25) is 15.9 Å². The van der Waals surface area contributed by atoms with Crippen LogP contribution in [-0.4, -0.2) is 75.0 Å². The number of rotatable bonds is 9. The van der Waals surface area contributed by atoms with E-state index < -0.39 is 10.0 Å². The van der Waals surface area contributed by atoms with Crippen LogP contribution in [0.3, 0.4) is 0 Å². The standard InChI is InChI=1S/C26H35BN4O5S/c1-5-35-25(32)16-31-24-8-6-7-23(21(24)15-29-31)30(4)37(33,34)20-13-22(27)26(28-14-20)36-19-11-9-18(10-12-19)17(2)3/h9-15,17,21,23-24H,5-8,16,27H2,1-4H3/t21?,23-,24?/m1/s1. The molecule has 1 aromatic carbocycles. The summed E-state index contributed by atoms with van der Waals surface area (Å²) in [4.78, 5) is 16.4. The molecule has 0 bridgehead atoms. The van der Waals surface area contributed by atoms with Gasteiger partial charge in [-0.05, 0) is 61.3 Å². The second-order valence-corrected chi connectivity index (χ2v) is 11.9. The summed E-state index contributed by atoms with van der Waals surface area (Å²) in [6.07, 6.45) is 5.54. The molecule has 0 amide bonds. The van der Waals surface area contributed by atoms with Crippen molar-refractivity contribution in [3.05, 3.63) is 42.1 Å². The van der Waals surface area contributed by atoms with Gasteiger partial charge in [-0.3, -0.25) is 9.80 Å². The van der Waals surface area contributed by atoms with Gasteiger partial charge in [0.15, 0.2) is 0 Å². The number of ether oxygens (including phenoxy) is 2. The highest BCUT2D eigenvalue weighted by atomic mass is 32.2. The first kappa shape index (κ1) is 27.1. The number of esters is 1. The quantitative estimate of drug-likeness (QED) is 0.365. The molecule has 1 aliphatic carbocycles. The largest absolute Gasteiger partial charge is 0.465 e. The van der Waals surface area contributed by atoms with Crippen LogP contribution in [0, 0.1) is 5.92 Å². The molecule has 1 aromatic heterocycles. The molecule has 2 heterocycles. The first-order valence-electron chi connectivity index (χ1n) is 12.8. The Hall–Kier alpha value is -2.92. The first-order valence-corrected chi connectivity index (χ1v) is 14.2. The van der Waals surface area contributed by atoms with Crippen molar-refractivity contribution in [1.82, 2.24) is 14.3 Å². The maximum absolute atomic E-state index is 13.6. The zero-order valence-corrected chi connectivity index (χ0v) is 22.9. The maximum Gasteiger partial charge on any atom is 0.327 e. The van der Waals surface area contributed by atoms with Crippen LogP contribution in [0.15, 0.2) is 46.5 Å². The average Bonchev–Trinajstić information content (AvgIpc) is 3.28. The molecule has 0 radical (unpaired) electrons. The number of pyridine rings is 1. The zero-order chi connectivity index (χ0) is 26.7. The van der Waals surface area contributed by atoms with Crippen molar-refractivity contribution in [2.24, 2.45) is 11.0 Å². The minimum absolute atomic E-state index is 0.0291. The lowest BCUT2D eigenvalue weighted by Crippen LogP contribution is -2.51. The number of hydrazone groups is 1. The normalized spacial score (nSPS) is 21.4. The second-order valence-electron chi connectivity index (χ2n) is 9.95. The number of hydrogen-bond donors (Lipinski definition) is 0. The highest BCUT2D eigenvalue weighted by Gasteiger charge is 2.44. The predicted octanol–water partition coefficient (Wildman–Crippen LogP) is 2.28. The molecule has 4 rings (SSSR count). The Morgan fingerprint density at radius 1 is 1.24 bits per heavy atom. The number of fused-ring (bicyclic) bond motifs is 1. The number of nitrogens with zero attached hydrogens (tertiary/aromatic N) is 4. The SMILES string of the molecule is Bc1cc(S(=O)(=O)N(C)[C@@H]2CCCC3C2C=NN3CC(=O)OCC)cnc1Oc1ccc(C(C)C)cc1. The Morgan fingerprint density at radius 2 is 1.97 bits per heavy atom. The molecule has 3 atom stereocenters. The lowest BCUT2D eigenvalue weighted by molar-refractivity contribution is -0.145. The molecule has 1 saturated carbocycles. The summed E-state index contributed by atoms with van der Waals surface area (Å²) in [5.74, 6) is 1.01. The molecule has 0 spiro atoms. The number of carbonyl (C=O) groups excluding carboxylic acids is 1. The molecule has 1 fully saturated rings. The van der Waals surface area contributed by atoms with Crippen molar-refractivity contribution in [3.8, 4) is 11.6 Å². The van der Waals surface area contributed by atoms with Crippen LogP contribution in [0.2, 0.25) is 0 Å². The summed E-state index contributed by atoms with van der Waals surface area (Å²) in [5.41, 5.74) is 1.84. The van der Waals surface area contributed by atoms with E-state index in [9.17, 15) is 13.2 Å². The summed E-state index contributed by atoms with van der Waals surface area (Å²) < 4.78 is 39.6. The summed E-state index contributed by atoms with van der Waals surface area (Å²) >= 11 is 0. The zero-order valence-electron chi connectivity index (χ0n) is 22.1. The number of carbonyl (C=O) groups is 1. The van der Waals surface area contributed by atoms with Gasteiger partial charge in [-0.25, -0.2) is 13.4 Å². The molecule has 9 nitrogen and oxygen atoms in total. The van der Waals surface area contributed by atoms with Crippen molar-refractivity contribution in [2.75, 3.05) is 20.2 Å².